The van der Waals surface area contributed by atoms with Crippen LogP contribution in [0.5, 0.6) is 0 Å². The molecule has 0 aliphatic heterocycles. The number of rotatable bonds is 8. The van der Waals surface area contributed by atoms with E-state index in [1.165, 1.54) is 0 Å². The van der Waals surface area contributed by atoms with E-state index in [4.69, 9.17) is 5.11 Å². The van der Waals surface area contributed by atoms with Gasteiger partial charge < -0.3 is 20.5 Å². The number of alkyl halides is 4. The first kappa shape index (κ1) is 19.5. The summed E-state index contributed by atoms with van der Waals surface area (Å²) in [6.45, 7) is -1.83. The monoisotopic (exact) mass is 344 g/mol. The zero-order valence-electron chi connectivity index (χ0n) is 12.4. The molecular weight excluding hydrogens is 324 g/mol. The fourth-order valence-corrected chi connectivity index (χ4v) is 2.23. The molecule has 3 N–H and O–H groups in total. The summed E-state index contributed by atoms with van der Waals surface area (Å²) in [5.41, 5.74) is 0. The lowest BCUT2D eigenvalue weighted by molar-refractivity contribution is -0.165. The third-order valence-corrected chi connectivity index (χ3v) is 3.56. The highest BCUT2D eigenvalue weighted by atomic mass is 19.3. The topological polar surface area (TPSA) is 87.7 Å². The van der Waals surface area contributed by atoms with Crippen LogP contribution in [-0.4, -0.2) is 55.3 Å². The summed E-state index contributed by atoms with van der Waals surface area (Å²) in [5.74, 6) is -5.43. The summed E-state index contributed by atoms with van der Waals surface area (Å²) in [6, 6.07) is -0.678. The average molecular weight is 344 g/mol. The van der Waals surface area contributed by atoms with Crippen molar-refractivity contribution in [3.8, 4) is 0 Å². The summed E-state index contributed by atoms with van der Waals surface area (Å²) in [5, 5.41) is 13.8. The number of carboxylic acid groups (broad SMARTS) is 1. The van der Waals surface area contributed by atoms with Crippen LogP contribution in [0.4, 0.5) is 22.4 Å². The van der Waals surface area contributed by atoms with Crippen LogP contribution in [0, 0.1) is 5.92 Å². The summed E-state index contributed by atoms with van der Waals surface area (Å²) in [4.78, 5) is 22.3. The van der Waals surface area contributed by atoms with Gasteiger partial charge in [-0.2, -0.15) is 8.78 Å². The van der Waals surface area contributed by atoms with E-state index in [0.29, 0.717) is 25.7 Å². The Labute approximate surface area is 130 Å². The van der Waals surface area contributed by atoms with Crippen molar-refractivity contribution in [2.45, 2.75) is 44.1 Å². The lowest BCUT2D eigenvalue weighted by Gasteiger charge is -2.26. The van der Waals surface area contributed by atoms with Gasteiger partial charge in [-0.15, -0.1) is 0 Å². The van der Waals surface area contributed by atoms with Gasteiger partial charge in [-0.1, -0.05) is 0 Å². The van der Waals surface area contributed by atoms with E-state index in [-0.39, 0.29) is 25.1 Å². The van der Waals surface area contributed by atoms with Gasteiger partial charge in [0.2, 0.25) is 0 Å². The maximum absolute atomic E-state index is 12.5. The summed E-state index contributed by atoms with van der Waals surface area (Å²) >= 11 is 0. The molecule has 134 valence electrons. The van der Waals surface area contributed by atoms with Crippen molar-refractivity contribution >= 4 is 12.0 Å². The number of nitrogens with one attached hydrogen (secondary N) is 2. The molecule has 0 spiro atoms. The predicted octanol–water partition coefficient (Wildman–Crippen LogP) is 1.85. The molecule has 0 aromatic heterocycles. The van der Waals surface area contributed by atoms with E-state index in [1.807, 2.05) is 0 Å². The number of urea groups is 1. The van der Waals surface area contributed by atoms with Gasteiger partial charge in [-0.25, -0.2) is 13.6 Å². The molecule has 1 fully saturated rings. The first-order chi connectivity index (χ1) is 10.7. The van der Waals surface area contributed by atoms with Crippen LogP contribution in [0.15, 0.2) is 0 Å². The molecule has 0 bridgehead atoms. The number of halogens is 4. The fourth-order valence-electron chi connectivity index (χ4n) is 2.23. The minimum Gasteiger partial charge on any atom is -0.481 e. The number of carboxylic acids is 1. The molecule has 1 rings (SSSR count). The van der Waals surface area contributed by atoms with Gasteiger partial charge in [-0.05, 0) is 25.7 Å². The van der Waals surface area contributed by atoms with Gasteiger partial charge in [0.15, 0.2) is 0 Å². The van der Waals surface area contributed by atoms with Crippen molar-refractivity contribution in [1.29, 1.82) is 0 Å². The number of hydrogen-bond acceptors (Lipinski definition) is 3. The summed E-state index contributed by atoms with van der Waals surface area (Å²) in [6.07, 6.45) is -1.75. The summed E-state index contributed by atoms with van der Waals surface area (Å²) in [7, 11) is 0. The lowest BCUT2D eigenvalue weighted by atomic mass is 9.86. The maximum atomic E-state index is 12.5. The highest BCUT2D eigenvalue weighted by Gasteiger charge is 2.40. The van der Waals surface area contributed by atoms with Crippen LogP contribution in [-0.2, 0) is 9.53 Å². The average Bonchev–Trinajstić information content (AvgIpc) is 2.47. The molecule has 0 heterocycles. The van der Waals surface area contributed by atoms with Crippen LogP contribution >= 0.6 is 0 Å². The molecule has 23 heavy (non-hydrogen) atoms. The van der Waals surface area contributed by atoms with Gasteiger partial charge >= 0.3 is 24.3 Å². The molecule has 0 radical (unpaired) electrons. The Hall–Kier alpha value is -1.58. The minimum absolute atomic E-state index is 0.102. The van der Waals surface area contributed by atoms with Crippen LogP contribution in [0.2, 0.25) is 0 Å². The SMILES string of the molecule is O=C(NCCOCC(F)(F)C(F)F)NC1CCC(C(=O)O)CC1. The molecule has 0 atom stereocenters. The van der Waals surface area contributed by atoms with Gasteiger partial charge in [0.1, 0.15) is 6.61 Å². The quantitative estimate of drug-likeness (QED) is 0.463. The van der Waals surface area contributed by atoms with E-state index >= 15 is 0 Å². The minimum atomic E-state index is -4.20. The number of hydrogen-bond donors (Lipinski definition) is 3. The second-order valence-electron chi connectivity index (χ2n) is 5.40. The Morgan fingerprint density at radius 3 is 2.35 bits per heavy atom. The molecule has 0 aromatic carbocycles. The van der Waals surface area contributed by atoms with Gasteiger partial charge in [0.05, 0.1) is 12.5 Å². The smallest absolute Gasteiger partial charge is 0.330 e. The Kier molecular flexibility index (Phi) is 7.53. The molecule has 1 aliphatic rings. The first-order valence-electron chi connectivity index (χ1n) is 7.23. The molecular formula is C13H20F4N2O4. The van der Waals surface area contributed by atoms with Crippen molar-refractivity contribution in [2.75, 3.05) is 19.8 Å². The standard InChI is InChI=1S/C13H20F4N2O4/c14-11(15)13(16,17)7-23-6-5-18-12(22)19-9-3-1-8(2-4-9)10(20)21/h8-9,11H,1-7H2,(H,20,21)(H2,18,19,22). The van der Waals surface area contributed by atoms with Crippen LogP contribution in [0.25, 0.3) is 0 Å². The van der Waals surface area contributed by atoms with E-state index in [0.717, 1.165) is 0 Å². The molecule has 6 nitrogen and oxygen atoms in total. The summed E-state index contributed by atoms with van der Waals surface area (Å²) < 4.78 is 53.1. The Morgan fingerprint density at radius 2 is 1.83 bits per heavy atom. The third-order valence-electron chi connectivity index (χ3n) is 3.56. The Bertz CT molecular complexity index is 401. The molecule has 2 amide bonds. The van der Waals surface area contributed by atoms with E-state index < -0.39 is 31.0 Å². The zero-order valence-corrected chi connectivity index (χ0v) is 12.4. The molecule has 0 aromatic rings. The molecule has 0 saturated heterocycles. The fraction of sp³-hybridized carbons (Fsp3) is 0.846. The normalized spacial score (nSPS) is 22.0. The molecule has 1 aliphatic carbocycles. The first-order valence-corrected chi connectivity index (χ1v) is 7.23. The highest BCUT2D eigenvalue weighted by molar-refractivity contribution is 5.74. The van der Waals surface area contributed by atoms with E-state index in [9.17, 15) is 27.2 Å². The maximum Gasteiger partial charge on any atom is 0.330 e. The van der Waals surface area contributed by atoms with Crippen LogP contribution in [0.1, 0.15) is 25.7 Å². The highest BCUT2D eigenvalue weighted by Crippen LogP contribution is 2.24. The Balaban J connectivity index is 2.10. The molecule has 0 unspecified atom stereocenters. The lowest BCUT2D eigenvalue weighted by Crippen LogP contribution is -2.45. The number of carbonyl (C=O) groups excluding carboxylic acids is 1. The van der Waals surface area contributed by atoms with Gasteiger partial charge in [-0.3, -0.25) is 4.79 Å². The van der Waals surface area contributed by atoms with Crippen molar-refractivity contribution < 1.29 is 37.0 Å². The van der Waals surface area contributed by atoms with Crippen molar-refractivity contribution in [3.05, 3.63) is 0 Å². The number of carbonyl (C=O) groups is 2. The van der Waals surface area contributed by atoms with Crippen molar-refractivity contribution in [1.82, 2.24) is 10.6 Å². The predicted molar refractivity (Wildman–Crippen MR) is 71.7 cm³/mol. The number of ether oxygens (including phenoxy) is 1. The second-order valence-corrected chi connectivity index (χ2v) is 5.40. The third kappa shape index (κ3) is 7.02. The van der Waals surface area contributed by atoms with Gasteiger partial charge in [0.25, 0.3) is 0 Å². The number of amides is 2. The molecule has 1 saturated carbocycles. The van der Waals surface area contributed by atoms with Gasteiger partial charge in [0, 0.05) is 12.6 Å². The van der Waals surface area contributed by atoms with E-state index in [2.05, 4.69) is 15.4 Å². The molecule has 10 heteroatoms. The van der Waals surface area contributed by atoms with Crippen molar-refractivity contribution in [3.63, 3.8) is 0 Å². The largest absolute Gasteiger partial charge is 0.481 e. The van der Waals surface area contributed by atoms with E-state index in [1.54, 1.807) is 0 Å². The van der Waals surface area contributed by atoms with Crippen LogP contribution in [0.3, 0.4) is 0 Å². The second kappa shape index (κ2) is 8.90. The van der Waals surface area contributed by atoms with Crippen LogP contribution < -0.4 is 10.6 Å². The Morgan fingerprint density at radius 1 is 1.22 bits per heavy atom. The van der Waals surface area contributed by atoms with Crippen molar-refractivity contribution in [2.24, 2.45) is 5.92 Å². The number of aliphatic carboxylic acids is 1. The zero-order chi connectivity index (χ0) is 17.5.